The fourth-order valence-electron chi connectivity index (χ4n) is 2.38. The molecule has 0 spiro atoms. The van der Waals surface area contributed by atoms with Crippen LogP contribution in [-0.4, -0.2) is 54.9 Å². The van der Waals surface area contributed by atoms with Gasteiger partial charge in [-0.3, -0.25) is 4.79 Å². The summed E-state index contributed by atoms with van der Waals surface area (Å²) < 4.78 is 26.8. The van der Waals surface area contributed by atoms with Crippen LogP contribution in [0.3, 0.4) is 0 Å². The minimum atomic E-state index is -3.61. The fraction of sp³-hybridized carbons (Fsp3) is 0.294. The van der Waals surface area contributed by atoms with Gasteiger partial charge in [0, 0.05) is 33.9 Å². The average Bonchev–Trinajstić information content (AvgIpc) is 2.97. The molecule has 2 N–H and O–H groups in total. The van der Waals surface area contributed by atoms with Crippen LogP contribution in [0.1, 0.15) is 26.4 Å². The van der Waals surface area contributed by atoms with Crippen molar-refractivity contribution < 1.29 is 23.1 Å². The summed E-state index contributed by atoms with van der Waals surface area (Å²) in [5, 5.41) is 11.7. The molecule has 8 nitrogen and oxygen atoms in total. The van der Waals surface area contributed by atoms with E-state index in [0.29, 0.717) is 13.0 Å². The van der Waals surface area contributed by atoms with Gasteiger partial charge in [0.15, 0.2) is 0 Å². The zero-order valence-electron chi connectivity index (χ0n) is 14.8. The molecule has 1 aromatic carbocycles. The largest absolute Gasteiger partial charge is 0.478 e. The number of aromatic carboxylic acids is 1. The van der Waals surface area contributed by atoms with E-state index >= 15 is 0 Å². The molecule has 9 heteroatoms. The van der Waals surface area contributed by atoms with Gasteiger partial charge >= 0.3 is 5.97 Å². The Morgan fingerprint density at radius 1 is 1.23 bits per heavy atom. The van der Waals surface area contributed by atoms with E-state index in [1.165, 1.54) is 37.0 Å². The standard InChI is InChI=1S/C17H21N3O5S/c1-19(2)26(24,25)14-10-15(20(3)11-14)16(21)18-8-7-12-5-4-6-13(9-12)17(22)23/h4-6,9-11H,7-8H2,1-3H3,(H,18,21)(H,22,23). The van der Waals surface area contributed by atoms with Gasteiger partial charge in [-0.15, -0.1) is 0 Å². The van der Waals surface area contributed by atoms with Gasteiger partial charge in [-0.25, -0.2) is 17.5 Å². The second-order valence-corrected chi connectivity index (χ2v) is 8.12. The van der Waals surface area contributed by atoms with Crippen LogP contribution >= 0.6 is 0 Å². The van der Waals surface area contributed by atoms with Crippen LogP contribution in [0.25, 0.3) is 0 Å². The maximum Gasteiger partial charge on any atom is 0.335 e. The number of carbonyl (C=O) groups excluding carboxylic acids is 1. The van der Waals surface area contributed by atoms with Crippen LogP contribution in [0.2, 0.25) is 0 Å². The number of carbonyl (C=O) groups is 2. The van der Waals surface area contributed by atoms with E-state index in [-0.39, 0.29) is 16.2 Å². The smallest absolute Gasteiger partial charge is 0.335 e. The Morgan fingerprint density at radius 3 is 2.54 bits per heavy atom. The van der Waals surface area contributed by atoms with Gasteiger partial charge in [0.25, 0.3) is 5.91 Å². The number of carboxylic acid groups (broad SMARTS) is 1. The molecule has 1 amide bonds. The predicted octanol–water partition coefficient (Wildman–Crippen LogP) is 0.946. The van der Waals surface area contributed by atoms with Crippen LogP contribution in [0, 0.1) is 0 Å². The van der Waals surface area contributed by atoms with Crippen molar-refractivity contribution in [3.8, 4) is 0 Å². The van der Waals surface area contributed by atoms with Crippen molar-refractivity contribution in [3.63, 3.8) is 0 Å². The predicted molar refractivity (Wildman–Crippen MR) is 95.7 cm³/mol. The number of nitrogens with one attached hydrogen (secondary N) is 1. The van der Waals surface area contributed by atoms with E-state index in [4.69, 9.17) is 5.11 Å². The molecule has 2 rings (SSSR count). The molecular weight excluding hydrogens is 358 g/mol. The van der Waals surface area contributed by atoms with Gasteiger partial charge in [0.05, 0.1) is 5.56 Å². The highest BCUT2D eigenvalue weighted by Crippen LogP contribution is 2.16. The van der Waals surface area contributed by atoms with Crippen molar-refractivity contribution in [1.82, 2.24) is 14.2 Å². The molecule has 0 aliphatic heterocycles. The fourth-order valence-corrected chi connectivity index (χ4v) is 3.36. The molecule has 140 valence electrons. The zero-order valence-corrected chi connectivity index (χ0v) is 15.6. The van der Waals surface area contributed by atoms with Crippen LogP contribution in [0.15, 0.2) is 41.4 Å². The highest BCUT2D eigenvalue weighted by Gasteiger charge is 2.22. The maximum absolute atomic E-state index is 12.3. The third-order valence-corrected chi connectivity index (χ3v) is 5.64. The van der Waals surface area contributed by atoms with Crippen molar-refractivity contribution >= 4 is 21.9 Å². The topological polar surface area (TPSA) is 109 Å². The van der Waals surface area contributed by atoms with Gasteiger partial charge in [-0.1, -0.05) is 12.1 Å². The molecule has 0 aliphatic rings. The molecule has 0 radical (unpaired) electrons. The number of rotatable bonds is 7. The van der Waals surface area contributed by atoms with Crippen LogP contribution in [0.5, 0.6) is 0 Å². The summed E-state index contributed by atoms with van der Waals surface area (Å²) in [4.78, 5) is 23.3. The second kappa shape index (κ2) is 7.71. The number of hydrogen-bond acceptors (Lipinski definition) is 4. The van der Waals surface area contributed by atoms with E-state index < -0.39 is 21.9 Å². The monoisotopic (exact) mass is 379 g/mol. The van der Waals surface area contributed by atoms with Gasteiger partial charge < -0.3 is 15.0 Å². The van der Waals surface area contributed by atoms with Crippen molar-refractivity contribution in [1.29, 1.82) is 0 Å². The van der Waals surface area contributed by atoms with Crippen molar-refractivity contribution in [2.75, 3.05) is 20.6 Å². The third-order valence-electron chi connectivity index (χ3n) is 3.86. The van der Waals surface area contributed by atoms with Crippen molar-refractivity contribution in [2.45, 2.75) is 11.3 Å². The lowest BCUT2D eigenvalue weighted by atomic mass is 10.1. The lowest BCUT2D eigenvalue weighted by Gasteiger charge is -2.08. The first-order valence-electron chi connectivity index (χ1n) is 7.82. The maximum atomic E-state index is 12.3. The first-order valence-corrected chi connectivity index (χ1v) is 9.26. The van der Waals surface area contributed by atoms with Crippen LogP contribution in [0.4, 0.5) is 0 Å². The zero-order chi connectivity index (χ0) is 19.5. The molecule has 0 atom stereocenters. The molecule has 2 aromatic rings. The molecule has 0 bridgehead atoms. The van der Waals surface area contributed by atoms with Crippen LogP contribution in [-0.2, 0) is 23.5 Å². The summed E-state index contributed by atoms with van der Waals surface area (Å²) in [6.07, 6.45) is 1.85. The summed E-state index contributed by atoms with van der Waals surface area (Å²) >= 11 is 0. The Labute approximate surface area is 152 Å². The van der Waals surface area contributed by atoms with Gasteiger partial charge in [-0.05, 0) is 30.2 Å². The number of amides is 1. The molecule has 0 fully saturated rings. The second-order valence-electron chi connectivity index (χ2n) is 5.97. The number of hydrogen-bond donors (Lipinski definition) is 2. The summed E-state index contributed by atoms with van der Waals surface area (Å²) in [7, 11) is 0.833. The molecule has 0 aliphatic carbocycles. The van der Waals surface area contributed by atoms with E-state index in [9.17, 15) is 18.0 Å². The Bertz CT molecular complexity index is 932. The Hall–Kier alpha value is -2.65. The normalized spacial score (nSPS) is 11.5. The van der Waals surface area contributed by atoms with Gasteiger partial charge in [0.1, 0.15) is 10.6 Å². The summed E-state index contributed by atoms with van der Waals surface area (Å²) in [5.74, 6) is -1.41. The molecule has 1 heterocycles. The quantitative estimate of drug-likeness (QED) is 0.744. The molecule has 0 saturated carbocycles. The van der Waals surface area contributed by atoms with E-state index in [1.807, 2.05) is 0 Å². The number of carboxylic acids is 1. The SMILES string of the molecule is CN(C)S(=O)(=O)c1cc(C(=O)NCCc2cccc(C(=O)O)c2)n(C)c1. The van der Waals surface area contributed by atoms with E-state index in [2.05, 4.69) is 5.32 Å². The number of sulfonamides is 1. The minimum absolute atomic E-state index is 0.0457. The number of aromatic nitrogens is 1. The van der Waals surface area contributed by atoms with Crippen molar-refractivity contribution in [3.05, 3.63) is 53.3 Å². The first kappa shape index (κ1) is 19.7. The van der Waals surface area contributed by atoms with Gasteiger partial charge in [-0.2, -0.15) is 0 Å². The van der Waals surface area contributed by atoms with Crippen molar-refractivity contribution in [2.24, 2.45) is 7.05 Å². The average molecular weight is 379 g/mol. The minimum Gasteiger partial charge on any atom is -0.478 e. The summed E-state index contributed by atoms with van der Waals surface area (Å²) in [6, 6.07) is 7.81. The highest BCUT2D eigenvalue weighted by atomic mass is 32.2. The highest BCUT2D eigenvalue weighted by molar-refractivity contribution is 7.89. The Kier molecular flexibility index (Phi) is 5.83. The number of nitrogens with zero attached hydrogens (tertiary/aromatic N) is 2. The summed E-state index contributed by atoms with van der Waals surface area (Å²) in [6.45, 7) is 0.294. The Morgan fingerprint density at radius 2 is 1.92 bits per heavy atom. The molecular formula is C17H21N3O5S. The number of benzene rings is 1. The first-order chi connectivity index (χ1) is 12.1. The van der Waals surface area contributed by atoms with Crippen LogP contribution < -0.4 is 5.32 Å². The molecule has 26 heavy (non-hydrogen) atoms. The van der Waals surface area contributed by atoms with Gasteiger partial charge in [0.2, 0.25) is 10.0 Å². The van der Waals surface area contributed by atoms with E-state index in [0.717, 1.165) is 9.87 Å². The number of aryl methyl sites for hydroxylation is 1. The molecule has 0 unspecified atom stereocenters. The lowest BCUT2D eigenvalue weighted by molar-refractivity contribution is 0.0696. The molecule has 0 saturated heterocycles. The summed E-state index contributed by atoms with van der Waals surface area (Å²) in [5.41, 5.74) is 1.20. The third kappa shape index (κ3) is 4.30. The Balaban J connectivity index is 2.04. The van der Waals surface area contributed by atoms with E-state index in [1.54, 1.807) is 25.2 Å². The lowest BCUT2D eigenvalue weighted by Crippen LogP contribution is -2.27. The molecule has 1 aromatic heterocycles.